The fourth-order valence-electron chi connectivity index (χ4n) is 2.80. The molecule has 11 heteroatoms. The largest absolute Gasteiger partial charge is 0.505 e. The summed E-state index contributed by atoms with van der Waals surface area (Å²) in [5.74, 6) is -2.16. The predicted molar refractivity (Wildman–Crippen MR) is 118 cm³/mol. The highest BCUT2D eigenvalue weighted by Crippen LogP contribution is 2.27. The molecule has 0 radical (unpaired) electrons. The molecule has 3 N–H and O–H groups in total. The number of rotatable bonds is 5. The van der Waals surface area contributed by atoms with Crippen molar-refractivity contribution in [3.05, 3.63) is 68.9 Å². The third-order valence-electron chi connectivity index (χ3n) is 4.23. The molecule has 2 aromatic rings. The van der Waals surface area contributed by atoms with Crippen molar-refractivity contribution in [2.24, 2.45) is 4.99 Å². The lowest BCUT2D eigenvalue weighted by molar-refractivity contribution is -0.136. The minimum atomic E-state index is -0.904. The SMILES string of the molecule is COC(=O)C1=C(O)/C(=C\c2ccc(CNC(=O)C(=O)Nc3cc(Cl)cc(Cl)c3)o2)N=C1C. The Morgan fingerprint density at radius 1 is 1.16 bits per heavy atom. The molecule has 0 unspecified atom stereocenters. The maximum atomic E-state index is 12.0. The van der Waals surface area contributed by atoms with Crippen LogP contribution in [0.3, 0.4) is 0 Å². The first kappa shape index (κ1) is 23.1. The minimum absolute atomic E-state index is 0.0233. The molecule has 0 saturated carbocycles. The molecule has 2 heterocycles. The molecule has 0 aliphatic carbocycles. The number of halogens is 2. The summed E-state index contributed by atoms with van der Waals surface area (Å²) < 4.78 is 10.2. The van der Waals surface area contributed by atoms with Crippen molar-refractivity contribution in [2.45, 2.75) is 13.5 Å². The van der Waals surface area contributed by atoms with Crippen LogP contribution in [0.25, 0.3) is 6.08 Å². The van der Waals surface area contributed by atoms with Gasteiger partial charge in [0.05, 0.1) is 19.4 Å². The van der Waals surface area contributed by atoms with Crippen molar-refractivity contribution in [2.75, 3.05) is 12.4 Å². The molecule has 166 valence electrons. The van der Waals surface area contributed by atoms with Crippen molar-refractivity contribution < 1.29 is 28.6 Å². The van der Waals surface area contributed by atoms with Crippen LogP contribution in [-0.2, 0) is 25.7 Å². The second-order valence-corrected chi connectivity index (χ2v) is 7.41. The van der Waals surface area contributed by atoms with E-state index < -0.39 is 17.8 Å². The number of hydrogen-bond donors (Lipinski definition) is 3. The number of benzene rings is 1. The third-order valence-corrected chi connectivity index (χ3v) is 4.67. The minimum Gasteiger partial charge on any atom is -0.505 e. The topological polar surface area (TPSA) is 130 Å². The quantitative estimate of drug-likeness (QED) is 0.445. The Kier molecular flexibility index (Phi) is 7.01. The number of aliphatic hydroxyl groups is 1. The number of aliphatic imine (C=N–C) groups is 1. The number of carbonyl (C=O) groups is 3. The molecule has 1 aliphatic heterocycles. The number of carbonyl (C=O) groups excluding carboxylic acids is 3. The first-order valence-corrected chi connectivity index (χ1v) is 9.86. The molecule has 3 rings (SSSR count). The zero-order valence-electron chi connectivity index (χ0n) is 16.9. The summed E-state index contributed by atoms with van der Waals surface area (Å²) in [4.78, 5) is 39.9. The van der Waals surface area contributed by atoms with Crippen LogP contribution in [-0.4, -0.2) is 35.7 Å². The molecular weight excluding hydrogens is 461 g/mol. The summed E-state index contributed by atoms with van der Waals surface area (Å²) in [5.41, 5.74) is 0.699. The Morgan fingerprint density at radius 3 is 2.50 bits per heavy atom. The first-order chi connectivity index (χ1) is 15.2. The van der Waals surface area contributed by atoms with Gasteiger partial charge < -0.3 is 24.9 Å². The Morgan fingerprint density at radius 2 is 1.84 bits per heavy atom. The van der Waals surface area contributed by atoms with E-state index in [2.05, 4.69) is 20.4 Å². The van der Waals surface area contributed by atoms with Crippen molar-refractivity contribution in [3.63, 3.8) is 0 Å². The van der Waals surface area contributed by atoms with E-state index in [4.69, 9.17) is 27.6 Å². The summed E-state index contributed by atoms with van der Waals surface area (Å²) in [6.45, 7) is 1.50. The summed E-state index contributed by atoms with van der Waals surface area (Å²) in [7, 11) is 1.20. The molecule has 1 aliphatic rings. The maximum Gasteiger partial charge on any atom is 0.343 e. The summed E-state index contributed by atoms with van der Waals surface area (Å²) in [6.07, 6.45) is 1.43. The highest BCUT2D eigenvalue weighted by molar-refractivity contribution is 6.40. The van der Waals surface area contributed by atoms with Gasteiger partial charge in [0.2, 0.25) is 0 Å². The van der Waals surface area contributed by atoms with Crippen LogP contribution in [0.1, 0.15) is 18.4 Å². The first-order valence-electron chi connectivity index (χ1n) is 9.11. The Balaban J connectivity index is 1.61. The summed E-state index contributed by atoms with van der Waals surface area (Å²) in [5, 5.41) is 15.7. The number of esters is 1. The van der Waals surface area contributed by atoms with E-state index in [1.165, 1.54) is 31.4 Å². The maximum absolute atomic E-state index is 12.0. The van der Waals surface area contributed by atoms with E-state index in [0.717, 1.165) is 0 Å². The van der Waals surface area contributed by atoms with Gasteiger partial charge in [0.1, 0.15) is 22.8 Å². The zero-order valence-corrected chi connectivity index (χ0v) is 18.4. The Bertz CT molecular complexity index is 1180. The van der Waals surface area contributed by atoms with E-state index in [-0.39, 0.29) is 29.3 Å². The van der Waals surface area contributed by atoms with Gasteiger partial charge in [-0.05, 0) is 37.3 Å². The second-order valence-electron chi connectivity index (χ2n) is 6.54. The molecule has 2 amide bonds. The fraction of sp³-hybridized carbons (Fsp3) is 0.143. The van der Waals surface area contributed by atoms with Gasteiger partial charge in [-0.25, -0.2) is 9.79 Å². The van der Waals surface area contributed by atoms with Gasteiger partial charge in [-0.15, -0.1) is 0 Å². The smallest absolute Gasteiger partial charge is 0.343 e. The van der Waals surface area contributed by atoms with Gasteiger partial charge in [0.15, 0.2) is 5.76 Å². The summed E-state index contributed by atoms with van der Waals surface area (Å²) in [6, 6.07) is 7.56. The Hall–Kier alpha value is -3.56. The van der Waals surface area contributed by atoms with Gasteiger partial charge in [-0.1, -0.05) is 23.2 Å². The fourth-order valence-corrected chi connectivity index (χ4v) is 3.33. The van der Waals surface area contributed by atoms with E-state index in [1.807, 2.05) is 0 Å². The lowest BCUT2D eigenvalue weighted by Gasteiger charge is -2.06. The number of amides is 2. The van der Waals surface area contributed by atoms with E-state index >= 15 is 0 Å². The van der Waals surface area contributed by atoms with Crippen molar-refractivity contribution in [3.8, 4) is 0 Å². The number of nitrogens with one attached hydrogen (secondary N) is 2. The third kappa shape index (κ3) is 5.37. The molecule has 9 nitrogen and oxygen atoms in total. The number of methoxy groups -OCH3 is 1. The monoisotopic (exact) mass is 477 g/mol. The van der Waals surface area contributed by atoms with Gasteiger partial charge in [0, 0.05) is 21.8 Å². The number of aliphatic hydroxyl groups excluding tert-OH is 1. The normalized spacial score (nSPS) is 14.4. The van der Waals surface area contributed by atoms with Gasteiger partial charge in [0.25, 0.3) is 0 Å². The average molecular weight is 478 g/mol. The van der Waals surface area contributed by atoms with Crippen LogP contribution >= 0.6 is 23.2 Å². The number of nitrogens with zero attached hydrogens (tertiary/aromatic N) is 1. The van der Waals surface area contributed by atoms with Gasteiger partial charge in [-0.2, -0.15) is 0 Å². The van der Waals surface area contributed by atoms with E-state index in [0.29, 0.717) is 27.3 Å². The van der Waals surface area contributed by atoms with E-state index in [1.54, 1.807) is 19.1 Å². The highest BCUT2D eigenvalue weighted by atomic mass is 35.5. The number of anilines is 1. The van der Waals surface area contributed by atoms with Crippen molar-refractivity contribution in [1.82, 2.24) is 5.32 Å². The molecule has 1 aromatic heterocycles. The van der Waals surface area contributed by atoms with Crippen LogP contribution in [0, 0.1) is 0 Å². The molecule has 0 saturated heterocycles. The Labute approximate surface area is 192 Å². The lowest BCUT2D eigenvalue weighted by atomic mass is 10.1. The van der Waals surface area contributed by atoms with Crippen LogP contribution < -0.4 is 10.6 Å². The lowest BCUT2D eigenvalue weighted by Crippen LogP contribution is -2.34. The molecule has 0 fully saturated rings. The van der Waals surface area contributed by atoms with Gasteiger partial charge >= 0.3 is 17.8 Å². The van der Waals surface area contributed by atoms with Crippen molar-refractivity contribution >= 4 is 58.5 Å². The molecule has 1 aromatic carbocycles. The van der Waals surface area contributed by atoms with Crippen LogP contribution in [0.5, 0.6) is 0 Å². The number of furan rings is 1. The van der Waals surface area contributed by atoms with E-state index in [9.17, 15) is 19.5 Å². The average Bonchev–Trinajstić information content (AvgIpc) is 3.28. The summed E-state index contributed by atoms with van der Waals surface area (Å²) >= 11 is 11.7. The van der Waals surface area contributed by atoms with Crippen LogP contribution in [0.15, 0.2) is 56.8 Å². The second kappa shape index (κ2) is 9.71. The molecule has 32 heavy (non-hydrogen) atoms. The number of ether oxygens (including phenoxy) is 1. The van der Waals surface area contributed by atoms with Crippen molar-refractivity contribution in [1.29, 1.82) is 0 Å². The zero-order chi connectivity index (χ0) is 23.4. The molecule has 0 atom stereocenters. The number of hydrogen-bond acceptors (Lipinski definition) is 7. The standard InChI is InChI=1S/C21H17Cl2N3O6/c1-10-17(21(30)31-2)18(27)16(25-10)8-14-3-4-15(32-14)9-24-19(28)20(29)26-13-6-11(22)5-12(23)7-13/h3-8,27H,9H2,1-2H3,(H,24,28)(H,26,29)/b16-8+. The van der Waals surface area contributed by atoms with Gasteiger partial charge in [-0.3, -0.25) is 9.59 Å². The van der Waals surface area contributed by atoms with Crippen LogP contribution in [0.2, 0.25) is 10.0 Å². The molecular formula is C21H17Cl2N3O6. The molecule has 0 bridgehead atoms. The molecule has 0 spiro atoms. The van der Waals surface area contributed by atoms with Crippen LogP contribution in [0.4, 0.5) is 5.69 Å². The highest BCUT2D eigenvalue weighted by Gasteiger charge is 2.27. The predicted octanol–water partition coefficient (Wildman–Crippen LogP) is 3.64.